The quantitative estimate of drug-likeness (QED) is 0.856. The molecule has 0 saturated carbocycles. The van der Waals surface area contributed by atoms with Crippen LogP contribution in [0.1, 0.15) is 30.1 Å². The molecule has 1 N–H and O–H groups in total. The molecule has 0 aromatic heterocycles. The average molecular weight is 348 g/mol. The number of hydrogen-bond acceptors (Lipinski definition) is 2. The number of piperidine rings is 1. The van der Waals surface area contributed by atoms with Crippen LogP contribution in [0, 0.1) is 0 Å². The molecule has 2 aromatic rings. The Kier molecular flexibility index (Phi) is 3.76. The van der Waals surface area contributed by atoms with Crippen molar-refractivity contribution in [3.05, 3.63) is 46.4 Å². The molecule has 3 rings (SSSR count). The van der Waals surface area contributed by atoms with E-state index in [1.54, 1.807) is 0 Å². The Morgan fingerprint density at radius 1 is 1.14 bits per heavy atom. The summed E-state index contributed by atoms with van der Waals surface area (Å²) in [6.45, 7) is 3.07. The molecular weight excluding hydrogens is 330 g/mol. The fourth-order valence-corrected chi connectivity index (χ4v) is 3.10. The van der Waals surface area contributed by atoms with E-state index in [1.807, 2.05) is 48.2 Å². The van der Waals surface area contributed by atoms with Crippen LogP contribution in [-0.4, -0.2) is 34.6 Å². The third-order valence-electron chi connectivity index (χ3n) is 4.18. The van der Waals surface area contributed by atoms with E-state index < -0.39 is 5.60 Å². The third-order valence-corrected chi connectivity index (χ3v) is 4.67. The zero-order chi connectivity index (χ0) is 15.0. The van der Waals surface area contributed by atoms with Gasteiger partial charge in [0.25, 0.3) is 5.91 Å². The molecule has 4 heteroatoms. The Bertz CT molecular complexity index is 686. The van der Waals surface area contributed by atoms with E-state index in [9.17, 15) is 9.90 Å². The van der Waals surface area contributed by atoms with Crippen LogP contribution in [0.2, 0.25) is 0 Å². The Labute approximate surface area is 132 Å². The van der Waals surface area contributed by atoms with Gasteiger partial charge >= 0.3 is 0 Å². The second-order valence-electron chi connectivity index (χ2n) is 6.00. The largest absolute Gasteiger partial charge is 0.390 e. The van der Waals surface area contributed by atoms with Gasteiger partial charge in [0.2, 0.25) is 0 Å². The van der Waals surface area contributed by atoms with Crippen molar-refractivity contribution in [3.8, 4) is 0 Å². The number of likely N-dealkylation sites (tertiary alicyclic amines) is 1. The Morgan fingerprint density at radius 3 is 2.48 bits per heavy atom. The highest BCUT2D eigenvalue weighted by molar-refractivity contribution is 9.10. The van der Waals surface area contributed by atoms with E-state index in [1.165, 1.54) is 0 Å². The van der Waals surface area contributed by atoms with Gasteiger partial charge in [-0.15, -0.1) is 0 Å². The van der Waals surface area contributed by atoms with Gasteiger partial charge in [0, 0.05) is 23.1 Å². The first-order valence-electron chi connectivity index (χ1n) is 7.16. The fourth-order valence-electron chi connectivity index (χ4n) is 2.72. The zero-order valence-electron chi connectivity index (χ0n) is 12.0. The lowest BCUT2D eigenvalue weighted by atomic mass is 9.93. The van der Waals surface area contributed by atoms with E-state index in [0.29, 0.717) is 31.5 Å². The normalized spacial score (nSPS) is 18.0. The van der Waals surface area contributed by atoms with E-state index in [2.05, 4.69) is 15.9 Å². The summed E-state index contributed by atoms with van der Waals surface area (Å²) >= 11 is 3.45. The van der Waals surface area contributed by atoms with Gasteiger partial charge in [-0.3, -0.25) is 4.79 Å². The highest BCUT2D eigenvalue weighted by atomic mass is 79.9. The van der Waals surface area contributed by atoms with Crippen LogP contribution in [0.25, 0.3) is 10.8 Å². The van der Waals surface area contributed by atoms with Gasteiger partial charge in [0.15, 0.2) is 0 Å². The maximum Gasteiger partial charge on any atom is 0.253 e. The van der Waals surface area contributed by atoms with Crippen LogP contribution in [0.4, 0.5) is 0 Å². The van der Waals surface area contributed by atoms with E-state index >= 15 is 0 Å². The molecule has 0 unspecified atom stereocenters. The molecule has 2 aromatic carbocycles. The molecule has 110 valence electrons. The van der Waals surface area contributed by atoms with Crippen molar-refractivity contribution in [1.29, 1.82) is 0 Å². The van der Waals surface area contributed by atoms with Crippen molar-refractivity contribution in [3.63, 3.8) is 0 Å². The fraction of sp³-hybridized carbons (Fsp3) is 0.353. The smallest absolute Gasteiger partial charge is 0.253 e. The SMILES string of the molecule is CC1(O)CCN(C(=O)c2ccc3cc(Br)ccc3c2)CC1. The first kappa shape index (κ1) is 14.5. The Hall–Kier alpha value is -1.39. The minimum atomic E-state index is -0.632. The highest BCUT2D eigenvalue weighted by Gasteiger charge is 2.29. The standard InChI is InChI=1S/C17H18BrNO2/c1-17(21)6-8-19(9-7-17)16(20)14-3-2-13-11-15(18)5-4-12(13)10-14/h2-5,10-11,21H,6-9H2,1H3. The summed E-state index contributed by atoms with van der Waals surface area (Å²) in [5.74, 6) is 0.0512. The second-order valence-corrected chi connectivity index (χ2v) is 6.91. The molecule has 1 fully saturated rings. The number of amides is 1. The van der Waals surface area contributed by atoms with Gasteiger partial charge in [-0.25, -0.2) is 0 Å². The number of fused-ring (bicyclic) bond motifs is 1. The molecule has 21 heavy (non-hydrogen) atoms. The van der Waals surface area contributed by atoms with Crippen LogP contribution >= 0.6 is 15.9 Å². The molecule has 1 aliphatic heterocycles. The van der Waals surface area contributed by atoms with Crippen molar-refractivity contribution >= 4 is 32.6 Å². The van der Waals surface area contributed by atoms with Gasteiger partial charge in [0.1, 0.15) is 0 Å². The van der Waals surface area contributed by atoms with Gasteiger partial charge in [-0.1, -0.05) is 28.1 Å². The minimum Gasteiger partial charge on any atom is -0.390 e. The number of benzene rings is 2. The molecular formula is C17H18BrNO2. The number of rotatable bonds is 1. The lowest BCUT2D eigenvalue weighted by Gasteiger charge is -2.35. The molecule has 0 spiro atoms. The monoisotopic (exact) mass is 347 g/mol. The van der Waals surface area contributed by atoms with Crippen LogP contribution in [0.5, 0.6) is 0 Å². The van der Waals surface area contributed by atoms with Gasteiger partial charge in [0.05, 0.1) is 5.60 Å². The van der Waals surface area contributed by atoms with Crippen LogP contribution in [0.3, 0.4) is 0 Å². The van der Waals surface area contributed by atoms with Crippen molar-refractivity contribution in [2.45, 2.75) is 25.4 Å². The van der Waals surface area contributed by atoms with Gasteiger partial charge in [-0.2, -0.15) is 0 Å². The molecule has 0 radical (unpaired) electrons. The summed E-state index contributed by atoms with van der Waals surface area (Å²) in [4.78, 5) is 14.4. The zero-order valence-corrected chi connectivity index (χ0v) is 13.6. The number of aliphatic hydroxyl groups is 1. The Morgan fingerprint density at radius 2 is 1.76 bits per heavy atom. The summed E-state index contributed by atoms with van der Waals surface area (Å²) in [5.41, 5.74) is 0.0817. The number of hydrogen-bond donors (Lipinski definition) is 1. The Balaban J connectivity index is 1.83. The third kappa shape index (κ3) is 3.11. The van der Waals surface area contributed by atoms with Crippen molar-refractivity contribution in [2.75, 3.05) is 13.1 Å². The van der Waals surface area contributed by atoms with Crippen molar-refractivity contribution in [2.24, 2.45) is 0 Å². The van der Waals surface area contributed by atoms with Gasteiger partial charge in [-0.05, 0) is 54.8 Å². The molecule has 0 aliphatic carbocycles. The summed E-state index contributed by atoms with van der Waals surface area (Å²) in [6.07, 6.45) is 1.28. The molecule has 1 saturated heterocycles. The number of carbonyl (C=O) groups excluding carboxylic acids is 1. The molecule has 3 nitrogen and oxygen atoms in total. The molecule has 0 bridgehead atoms. The topological polar surface area (TPSA) is 40.5 Å². The number of nitrogens with zero attached hydrogens (tertiary/aromatic N) is 1. The summed E-state index contributed by atoms with van der Waals surface area (Å²) < 4.78 is 1.03. The predicted molar refractivity (Wildman–Crippen MR) is 87.4 cm³/mol. The van der Waals surface area contributed by atoms with Crippen LogP contribution in [-0.2, 0) is 0 Å². The summed E-state index contributed by atoms with van der Waals surface area (Å²) in [7, 11) is 0. The van der Waals surface area contributed by atoms with Crippen LogP contribution in [0.15, 0.2) is 40.9 Å². The molecule has 1 amide bonds. The summed E-state index contributed by atoms with van der Waals surface area (Å²) in [5, 5.41) is 12.1. The molecule has 0 atom stereocenters. The van der Waals surface area contributed by atoms with Gasteiger partial charge < -0.3 is 10.0 Å². The maximum atomic E-state index is 12.6. The summed E-state index contributed by atoms with van der Waals surface area (Å²) in [6, 6.07) is 11.8. The lowest BCUT2D eigenvalue weighted by Crippen LogP contribution is -2.45. The van der Waals surface area contributed by atoms with E-state index in [-0.39, 0.29) is 5.91 Å². The maximum absolute atomic E-state index is 12.6. The first-order chi connectivity index (χ1) is 9.94. The number of halogens is 1. The van der Waals surface area contributed by atoms with E-state index in [4.69, 9.17) is 0 Å². The predicted octanol–water partition coefficient (Wildman–Crippen LogP) is 3.59. The van der Waals surface area contributed by atoms with Crippen molar-refractivity contribution < 1.29 is 9.90 Å². The first-order valence-corrected chi connectivity index (χ1v) is 7.95. The molecule has 1 aliphatic rings. The second kappa shape index (κ2) is 5.43. The number of carbonyl (C=O) groups is 1. The van der Waals surface area contributed by atoms with E-state index in [0.717, 1.165) is 15.2 Å². The minimum absolute atomic E-state index is 0.0512. The average Bonchev–Trinajstić information content (AvgIpc) is 2.46. The lowest BCUT2D eigenvalue weighted by molar-refractivity contribution is -0.00201. The van der Waals surface area contributed by atoms with Crippen LogP contribution < -0.4 is 0 Å². The highest BCUT2D eigenvalue weighted by Crippen LogP contribution is 2.25. The molecule has 1 heterocycles. The van der Waals surface area contributed by atoms with Crippen molar-refractivity contribution in [1.82, 2.24) is 4.90 Å².